The van der Waals surface area contributed by atoms with Crippen LogP contribution < -0.4 is 14.8 Å². The Hall–Kier alpha value is -3.71. The highest BCUT2D eigenvalue weighted by Crippen LogP contribution is 2.15. The van der Waals surface area contributed by atoms with Gasteiger partial charge in [0.1, 0.15) is 12.3 Å². The van der Waals surface area contributed by atoms with Crippen LogP contribution in [0.2, 0.25) is 0 Å². The fourth-order valence-electron chi connectivity index (χ4n) is 2.33. The number of hydrogen-bond donors (Lipinski definition) is 2. The molecule has 2 amide bonds. The zero-order chi connectivity index (χ0) is 24.6. The number of amides is 2. The van der Waals surface area contributed by atoms with Crippen LogP contribution in [0.15, 0.2) is 53.4 Å². The molecule has 0 unspecified atom stereocenters. The van der Waals surface area contributed by atoms with Gasteiger partial charge >= 0.3 is 12.6 Å². The lowest BCUT2D eigenvalue weighted by molar-refractivity contribution is -0.147. The second-order valence-corrected chi connectivity index (χ2v) is 8.11. The molecule has 0 spiro atoms. The first-order valence-electron chi connectivity index (χ1n) is 9.13. The number of benzene rings is 2. The molecule has 2 aromatic carbocycles. The van der Waals surface area contributed by atoms with Gasteiger partial charge in [-0.25, -0.2) is 8.42 Å². The topological polar surface area (TPSA) is 145 Å². The number of hydrogen-bond acceptors (Lipinski definition) is 8. The zero-order valence-corrected chi connectivity index (χ0v) is 17.9. The van der Waals surface area contributed by atoms with Crippen LogP contribution in [0, 0.1) is 0 Å². The summed E-state index contributed by atoms with van der Waals surface area (Å²) in [6, 6.07) is 9.50. The minimum atomic E-state index is -4.08. The summed E-state index contributed by atoms with van der Waals surface area (Å²) in [6.45, 7) is -3.36. The number of carbonyl (C=O) groups is 4. The van der Waals surface area contributed by atoms with Gasteiger partial charge in [0.15, 0.2) is 12.4 Å². The molecule has 13 heteroatoms. The number of nitrogens with one attached hydrogen (secondary N) is 2. The third kappa shape index (κ3) is 8.05. The highest BCUT2D eigenvalue weighted by molar-refractivity contribution is 7.89. The molecule has 0 aromatic heterocycles. The van der Waals surface area contributed by atoms with Crippen LogP contribution in [-0.4, -0.2) is 51.7 Å². The van der Waals surface area contributed by atoms with Gasteiger partial charge in [-0.05, 0) is 43.3 Å². The van der Waals surface area contributed by atoms with Crippen LogP contribution in [0.1, 0.15) is 27.6 Å². The van der Waals surface area contributed by atoms with Crippen molar-refractivity contribution >= 4 is 33.6 Å². The van der Waals surface area contributed by atoms with Crippen LogP contribution in [0.5, 0.6) is 5.75 Å². The van der Waals surface area contributed by atoms with E-state index < -0.39 is 47.6 Å². The van der Waals surface area contributed by atoms with Gasteiger partial charge in [-0.15, -0.1) is 0 Å². The first kappa shape index (κ1) is 25.5. The summed E-state index contributed by atoms with van der Waals surface area (Å²) in [5.41, 5.74) is 0.270. The molecule has 0 radical (unpaired) electrons. The summed E-state index contributed by atoms with van der Waals surface area (Å²) in [5.74, 6) is -3.39. The quantitative estimate of drug-likeness (QED) is 0.379. The van der Waals surface area contributed by atoms with Crippen LogP contribution >= 0.6 is 0 Å². The second kappa shape index (κ2) is 11.2. The molecule has 0 atom stereocenters. The summed E-state index contributed by atoms with van der Waals surface area (Å²) in [7, 11) is -4.08. The van der Waals surface area contributed by atoms with E-state index in [0.717, 1.165) is 24.3 Å². The van der Waals surface area contributed by atoms with E-state index in [2.05, 4.69) is 9.47 Å². The van der Waals surface area contributed by atoms with Gasteiger partial charge in [0.2, 0.25) is 10.0 Å². The highest BCUT2D eigenvalue weighted by Gasteiger charge is 2.18. The van der Waals surface area contributed by atoms with Gasteiger partial charge in [-0.2, -0.15) is 13.5 Å². The lowest BCUT2D eigenvalue weighted by Gasteiger charge is -2.08. The number of imide groups is 1. The lowest BCUT2D eigenvalue weighted by Crippen LogP contribution is -2.36. The molecule has 0 aliphatic heterocycles. The van der Waals surface area contributed by atoms with Crippen molar-refractivity contribution in [1.29, 1.82) is 0 Å². The minimum absolute atomic E-state index is 0.0418. The number of ketones is 1. The van der Waals surface area contributed by atoms with Gasteiger partial charge in [-0.1, -0.05) is 12.1 Å². The molecule has 2 N–H and O–H groups in total. The Kier molecular flexibility index (Phi) is 8.70. The Balaban J connectivity index is 1.79. The fraction of sp³-hybridized carbons (Fsp3) is 0.200. The van der Waals surface area contributed by atoms with Crippen molar-refractivity contribution in [1.82, 2.24) is 10.0 Å². The maximum atomic E-state index is 12.2. The van der Waals surface area contributed by atoms with Crippen molar-refractivity contribution in [3.05, 3.63) is 59.7 Å². The first-order chi connectivity index (χ1) is 15.5. The number of ether oxygens (including phenoxy) is 2. The summed E-state index contributed by atoms with van der Waals surface area (Å²) in [4.78, 5) is 46.5. The van der Waals surface area contributed by atoms with E-state index >= 15 is 0 Å². The van der Waals surface area contributed by atoms with E-state index in [1.165, 1.54) is 31.2 Å². The van der Waals surface area contributed by atoms with Gasteiger partial charge in [0.05, 0.1) is 4.90 Å². The largest absolute Gasteiger partial charge is 0.455 e. The molecular formula is C20H18F2N2O8S. The summed E-state index contributed by atoms with van der Waals surface area (Å²) >= 11 is 0. The van der Waals surface area contributed by atoms with Crippen molar-refractivity contribution < 1.29 is 45.9 Å². The predicted octanol–water partition coefficient (Wildman–Crippen LogP) is 1.27. The standard InChI is InChI=1S/C20H18F2N2O8S/c1-12(25)13-4-8-16(9-5-13)33(29,30)23-10-18(27)31-11-17(26)24-19(28)14-2-6-15(7-3-14)32-20(21)22/h2-9,20,23H,10-11H2,1H3,(H,24,26,28). The van der Waals surface area contributed by atoms with Crippen molar-refractivity contribution in [2.24, 2.45) is 0 Å². The van der Waals surface area contributed by atoms with E-state index in [-0.39, 0.29) is 22.0 Å². The van der Waals surface area contributed by atoms with Crippen molar-refractivity contribution in [2.45, 2.75) is 18.4 Å². The first-order valence-corrected chi connectivity index (χ1v) is 10.6. The Morgan fingerprint density at radius 2 is 1.52 bits per heavy atom. The Labute approximate surface area is 186 Å². The van der Waals surface area contributed by atoms with Crippen LogP contribution in [0.3, 0.4) is 0 Å². The number of Topliss-reactive ketones (excluding diaryl/α,β-unsaturated/α-hetero) is 1. The summed E-state index contributed by atoms with van der Waals surface area (Å²) in [6.07, 6.45) is 0. The third-order valence-corrected chi connectivity index (χ3v) is 5.35. The molecule has 0 fully saturated rings. The number of halogens is 2. The molecular weight excluding hydrogens is 466 g/mol. The van der Waals surface area contributed by atoms with Crippen LogP contribution in [-0.2, 0) is 24.3 Å². The number of alkyl halides is 2. The Morgan fingerprint density at radius 1 is 0.939 bits per heavy atom. The number of rotatable bonds is 10. The zero-order valence-electron chi connectivity index (χ0n) is 17.0. The molecule has 10 nitrogen and oxygen atoms in total. The Bertz CT molecular complexity index is 1130. The SMILES string of the molecule is CC(=O)c1ccc(S(=O)(=O)NCC(=O)OCC(=O)NC(=O)c2ccc(OC(F)F)cc2)cc1. The number of carbonyl (C=O) groups excluding carboxylic acids is 4. The lowest BCUT2D eigenvalue weighted by atomic mass is 10.2. The van der Waals surface area contributed by atoms with E-state index in [1.54, 1.807) is 0 Å². The summed E-state index contributed by atoms with van der Waals surface area (Å²) in [5, 5.41) is 1.91. The predicted molar refractivity (Wildman–Crippen MR) is 108 cm³/mol. The van der Waals surface area contributed by atoms with Gasteiger partial charge < -0.3 is 9.47 Å². The molecule has 176 valence electrons. The molecule has 0 saturated carbocycles. The van der Waals surface area contributed by atoms with E-state index in [9.17, 15) is 36.4 Å². The smallest absolute Gasteiger partial charge is 0.387 e. The number of esters is 1. The van der Waals surface area contributed by atoms with Gasteiger partial charge in [0, 0.05) is 11.1 Å². The van der Waals surface area contributed by atoms with Crippen molar-refractivity contribution in [3.8, 4) is 5.75 Å². The molecule has 2 aromatic rings. The average Bonchev–Trinajstić information content (AvgIpc) is 2.76. The molecule has 0 aliphatic rings. The minimum Gasteiger partial charge on any atom is -0.455 e. The molecule has 0 heterocycles. The molecule has 0 aliphatic carbocycles. The maximum Gasteiger partial charge on any atom is 0.387 e. The molecule has 0 bridgehead atoms. The monoisotopic (exact) mass is 484 g/mol. The molecule has 2 rings (SSSR count). The van der Waals surface area contributed by atoms with Crippen molar-refractivity contribution in [2.75, 3.05) is 13.2 Å². The average molecular weight is 484 g/mol. The fourth-order valence-corrected chi connectivity index (χ4v) is 3.29. The van der Waals surface area contributed by atoms with E-state index in [1.807, 2.05) is 10.0 Å². The van der Waals surface area contributed by atoms with Gasteiger partial charge in [-0.3, -0.25) is 24.5 Å². The second-order valence-electron chi connectivity index (χ2n) is 6.35. The van der Waals surface area contributed by atoms with Crippen LogP contribution in [0.25, 0.3) is 0 Å². The third-order valence-electron chi connectivity index (χ3n) is 3.94. The van der Waals surface area contributed by atoms with E-state index in [0.29, 0.717) is 5.56 Å². The normalized spacial score (nSPS) is 11.0. The van der Waals surface area contributed by atoms with Crippen molar-refractivity contribution in [3.63, 3.8) is 0 Å². The number of sulfonamides is 1. The maximum absolute atomic E-state index is 12.2. The Morgan fingerprint density at radius 3 is 2.06 bits per heavy atom. The summed E-state index contributed by atoms with van der Waals surface area (Å²) < 4.78 is 59.3. The molecule has 33 heavy (non-hydrogen) atoms. The van der Waals surface area contributed by atoms with Gasteiger partial charge in [0.25, 0.3) is 11.8 Å². The van der Waals surface area contributed by atoms with E-state index in [4.69, 9.17) is 0 Å². The van der Waals surface area contributed by atoms with Crippen LogP contribution in [0.4, 0.5) is 8.78 Å². The highest BCUT2D eigenvalue weighted by atomic mass is 32.2. The molecule has 0 saturated heterocycles.